The number of pyridine rings is 1. The summed E-state index contributed by atoms with van der Waals surface area (Å²) in [5.74, 6) is -1.48. The van der Waals surface area contributed by atoms with Crippen LogP contribution in [-0.4, -0.2) is 40.5 Å². The van der Waals surface area contributed by atoms with E-state index < -0.39 is 11.9 Å². The van der Waals surface area contributed by atoms with Crippen molar-refractivity contribution in [1.29, 1.82) is 0 Å². The normalized spacial score (nSPS) is 11.6. The van der Waals surface area contributed by atoms with Crippen molar-refractivity contribution in [3.8, 4) is 5.88 Å². The van der Waals surface area contributed by atoms with Gasteiger partial charge < -0.3 is 14.7 Å². The summed E-state index contributed by atoms with van der Waals surface area (Å²) in [5, 5.41) is 8.94. The van der Waals surface area contributed by atoms with Crippen LogP contribution in [0.4, 0.5) is 0 Å². The molecule has 24 heavy (non-hydrogen) atoms. The minimum absolute atomic E-state index is 0.136. The van der Waals surface area contributed by atoms with Crippen LogP contribution in [-0.2, 0) is 11.4 Å². The van der Waals surface area contributed by atoms with Crippen LogP contribution in [0.3, 0.4) is 0 Å². The molecular formula is C18H20N2O4. The second kappa shape index (κ2) is 8.10. The highest BCUT2D eigenvalue weighted by molar-refractivity contribution is 5.94. The molecule has 1 unspecified atom stereocenters. The molecule has 0 saturated heterocycles. The number of amides is 1. The summed E-state index contributed by atoms with van der Waals surface area (Å²) in [4.78, 5) is 28.8. The molecule has 1 N–H and O–H groups in total. The van der Waals surface area contributed by atoms with Gasteiger partial charge in [0, 0.05) is 31.4 Å². The Morgan fingerprint density at radius 3 is 2.62 bits per heavy atom. The number of aliphatic carboxylic acids is 1. The lowest BCUT2D eigenvalue weighted by molar-refractivity contribution is -0.141. The lowest BCUT2D eigenvalue weighted by Crippen LogP contribution is -2.33. The number of carbonyl (C=O) groups excluding carboxylic acids is 1. The van der Waals surface area contributed by atoms with Crippen LogP contribution in [0.25, 0.3) is 0 Å². The molecule has 2 rings (SSSR count). The predicted molar refractivity (Wildman–Crippen MR) is 88.8 cm³/mol. The molecule has 1 aromatic carbocycles. The van der Waals surface area contributed by atoms with E-state index in [4.69, 9.17) is 9.84 Å². The second-order valence-corrected chi connectivity index (χ2v) is 5.58. The average molecular weight is 328 g/mol. The van der Waals surface area contributed by atoms with E-state index in [1.807, 2.05) is 30.3 Å². The summed E-state index contributed by atoms with van der Waals surface area (Å²) < 4.78 is 5.61. The van der Waals surface area contributed by atoms with E-state index in [1.165, 1.54) is 11.1 Å². The van der Waals surface area contributed by atoms with Gasteiger partial charge in [0.25, 0.3) is 5.91 Å². The maximum atomic E-state index is 12.4. The van der Waals surface area contributed by atoms with E-state index in [9.17, 15) is 9.59 Å². The van der Waals surface area contributed by atoms with E-state index in [2.05, 4.69) is 4.98 Å². The molecule has 0 fully saturated rings. The summed E-state index contributed by atoms with van der Waals surface area (Å²) in [5.41, 5.74) is 1.41. The average Bonchev–Trinajstić information content (AvgIpc) is 2.60. The molecule has 0 aliphatic heterocycles. The molecule has 0 aliphatic rings. The van der Waals surface area contributed by atoms with Crippen molar-refractivity contribution >= 4 is 11.9 Å². The lowest BCUT2D eigenvalue weighted by atomic mass is 10.1. The zero-order chi connectivity index (χ0) is 17.5. The third kappa shape index (κ3) is 4.81. The summed E-state index contributed by atoms with van der Waals surface area (Å²) in [6, 6.07) is 12.8. The first-order valence-corrected chi connectivity index (χ1v) is 7.58. The molecular weight excluding hydrogens is 308 g/mol. The molecule has 0 radical (unpaired) electrons. The van der Waals surface area contributed by atoms with Gasteiger partial charge in [-0.15, -0.1) is 0 Å². The van der Waals surface area contributed by atoms with Crippen molar-refractivity contribution < 1.29 is 19.4 Å². The minimum Gasteiger partial charge on any atom is -0.481 e. The highest BCUT2D eigenvalue weighted by atomic mass is 16.5. The number of aromatic nitrogens is 1. The topological polar surface area (TPSA) is 79.7 Å². The third-order valence-corrected chi connectivity index (χ3v) is 3.53. The fourth-order valence-corrected chi connectivity index (χ4v) is 2.15. The van der Waals surface area contributed by atoms with E-state index in [1.54, 1.807) is 26.1 Å². The van der Waals surface area contributed by atoms with Gasteiger partial charge in [-0.25, -0.2) is 4.98 Å². The molecule has 6 heteroatoms. The third-order valence-electron chi connectivity index (χ3n) is 3.53. The molecule has 2 aromatic rings. The fraction of sp³-hybridized carbons (Fsp3) is 0.278. The summed E-state index contributed by atoms with van der Waals surface area (Å²) in [6.07, 6.45) is 1.50. The van der Waals surface area contributed by atoms with Crippen LogP contribution in [0, 0.1) is 5.92 Å². The van der Waals surface area contributed by atoms with Crippen LogP contribution < -0.4 is 4.74 Å². The molecule has 6 nitrogen and oxygen atoms in total. The van der Waals surface area contributed by atoms with E-state index in [0.29, 0.717) is 18.1 Å². The Balaban J connectivity index is 2.01. The van der Waals surface area contributed by atoms with Gasteiger partial charge in [0.05, 0.1) is 5.92 Å². The predicted octanol–water partition coefficient (Wildman–Crippen LogP) is 2.45. The Morgan fingerprint density at radius 2 is 1.96 bits per heavy atom. The molecule has 0 bridgehead atoms. The zero-order valence-corrected chi connectivity index (χ0v) is 13.7. The number of carbonyl (C=O) groups is 2. The number of nitrogens with zero attached hydrogens (tertiary/aromatic N) is 2. The quantitative estimate of drug-likeness (QED) is 0.844. The highest BCUT2D eigenvalue weighted by Gasteiger charge is 2.19. The van der Waals surface area contributed by atoms with Crippen molar-refractivity contribution in [3.05, 3.63) is 59.8 Å². The van der Waals surface area contributed by atoms with Crippen LogP contribution in [0.5, 0.6) is 5.88 Å². The minimum atomic E-state index is -0.934. The SMILES string of the molecule is CC(CN(C)C(=O)c1ccnc(OCc2ccccc2)c1)C(=O)O. The monoisotopic (exact) mass is 328 g/mol. The molecule has 1 amide bonds. The van der Waals surface area contributed by atoms with Gasteiger partial charge in [-0.05, 0) is 11.6 Å². The maximum absolute atomic E-state index is 12.4. The molecule has 0 aliphatic carbocycles. The Hall–Kier alpha value is -2.89. The standard InChI is InChI=1S/C18H20N2O4/c1-13(18(22)23)11-20(2)17(21)15-8-9-19-16(10-15)24-12-14-6-4-3-5-7-14/h3-10,13H,11-12H2,1-2H3,(H,22,23). The first-order chi connectivity index (χ1) is 11.5. The number of carboxylic acids is 1. The Morgan fingerprint density at radius 1 is 1.25 bits per heavy atom. The van der Waals surface area contributed by atoms with Gasteiger partial charge in [0.1, 0.15) is 6.61 Å². The summed E-state index contributed by atoms with van der Waals surface area (Å²) in [6.45, 7) is 2.06. The molecule has 0 saturated carbocycles. The number of rotatable bonds is 7. The van der Waals surface area contributed by atoms with Gasteiger partial charge in [-0.1, -0.05) is 37.3 Å². The number of ether oxygens (including phenoxy) is 1. The van der Waals surface area contributed by atoms with Crippen LogP contribution >= 0.6 is 0 Å². The van der Waals surface area contributed by atoms with Crippen molar-refractivity contribution in [2.24, 2.45) is 5.92 Å². The Kier molecular flexibility index (Phi) is 5.89. The van der Waals surface area contributed by atoms with E-state index in [-0.39, 0.29) is 12.5 Å². The van der Waals surface area contributed by atoms with Crippen molar-refractivity contribution in [2.75, 3.05) is 13.6 Å². The van der Waals surface area contributed by atoms with Crippen LogP contribution in [0.1, 0.15) is 22.8 Å². The Bertz CT molecular complexity index is 703. The second-order valence-electron chi connectivity index (χ2n) is 5.58. The molecule has 126 valence electrons. The van der Waals surface area contributed by atoms with E-state index >= 15 is 0 Å². The van der Waals surface area contributed by atoms with Crippen LogP contribution in [0.2, 0.25) is 0 Å². The largest absolute Gasteiger partial charge is 0.481 e. The first-order valence-electron chi connectivity index (χ1n) is 7.58. The van der Waals surface area contributed by atoms with E-state index in [0.717, 1.165) is 5.56 Å². The van der Waals surface area contributed by atoms with Crippen molar-refractivity contribution in [2.45, 2.75) is 13.5 Å². The number of hydrogen-bond donors (Lipinski definition) is 1. The number of carboxylic acid groups (broad SMARTS) is 1. The summed E-state index contributed by atoms with van der Waals surface area (Å²) >= 11 is 0. The fourth-order valence-electron chi connectivity index (χ4n) is 2.15. The van der Waals surface area contributed by atoms with Crippen molar-refractivity contribution in [3.63, 3.8) is 0 Å². The molecule has 1 heterocycles. The summed E-state index contributed by atoms with van der Waals surface area (Å²) in [7, 11) is 1.58. The van der Waals surface area contributed by atoms with Gasteiger partial charge in [-0.3, -0.25) is 9.59 Å². The van der Waals surface area contributed by atoms with Crippen molar-refractivity contribution in [1.82, 2.24) is 9.88 Å². The molecule has 1 aromatic heterocycles. The molecule has 0 spiro atoms. The number of hydrogen-bond acceptors (Lipinski definition) is 4. The smallest absolute Gasteiger partial charge is 0.308 e. The van der Waals surface area contributed by atoms with Gasteiger partial charge in [0.2, 0.25) is 5.88 Å². The highest BCUT2D eigenvalue weighted by Crippen LogP contribution is 2.14. The van der Waals surface area contributed by atoms with Gasteiger partial charge >= 0.3 is 5.97 Å². The van der Waals surface area contributed by atoms with Crippen LogP contribution in [0.15, 0.2) is 48.7 Å². The number of benzene rings is 1. The van der Waals surface area contributed by atoms with Gasteiger partial charge in [0.15, 0.2) is 0 Å². The molecule has 1 atom stereocenters. The zero-order valence-electron chi connectivity index (χ0n) is 13.7. The van der Waals surface area contributed by atoms with Gasteiger partial charge in [-0.2, -0.15) is 0 Å². The Labute approximate surface area is 140 Å². The maximum Gasteiger partial charge on any atom is 0.308 e. The lowest BCUT2D eigenvalue weighted by Gasteiger charge is -2.19. The first kappa shape index (κ1) is 17.5.